The number of aryl methyl sites for hydroxylation is 2. The number of aliphatic hydroxyl groups is 1. The van der Waals surface area contributed by atoms with Crippen LogP contribution < -0.4 is 10.2 Å². The number of carbonyl (C=O) groups is 2. The Morgan fingerprint density at radius 1 is 1.36 bits per heavy atom. The van der Waals surface area contributed by atoms with E-state index in [1.54, 1.807) is 6.07 Å². The van der Waals surface area contributed by atoms with Crippen molar-refractivity contribution in [2.75, 3.05) is 18.1 Å². The number of rotatable bonds is 4. The van der Waals surface area contributed by atoms with Crippen LogP contribution in [0.4, 0.5) is 5.69 Å². The molecule has 0 saturated carbocycles. The van der Waals surface area contributed by atoms with Crippen LogP contribution in [0.3, 0.4) is 0 Å². The third-order valence-electron chi connectivity index (χ3n) is 3.43. The number of aliphatic hydroxyl groups excluding tert-OH is 1. The predicted octanol–water partition coefficient (Wildman–Crippen LogP) is 0.730. The van der Waals surface area contributed by atoms with Crippen molar-refractivity contribution >= 4 is 41.0 Å². The van der Waals surface area contributed by atoms with Crippen LogP contribution in [-0.2, 0) is 9.59 Å². The minimum Gasteiger partial charge on any atom is -0.394 e. The molecule has 0 unspecified atom stereocenters. The SMILES string of the molecule is Cc1ccc(N2C(=O)[C@H](C=NCCO)C(=O)NC2=S)cc1C. The quantitative estimate of drug-likeness (QED) is 0.487. The fourth-order valence-electron chi connectivity index (χ4n) is 2.07. The average Bonchev–Trinajstić information content (AvgIpc) is 2.46. The molecule has 116 valence electrons. The molecule has 7 heteroatoms. The van der Waals surface area contributed by atoms with Gasteiger partial charge in [0.1, 0.15) is 0 Å². The number of amides is 2. The molecule has 1 aliphatic heterocycles. The molecule has 2 rings (SSSR count). The van der Waals surface area contributed by atoms with Crippen molar-refractivity contribution in [1.82, 2.24) is 5.32 Å². The first-order valence-corrected chi connectivity index (χ1v) is 7.23. The summed E-state index contributed by atoms with van der Waals surface area (Å²) >= 11 is 5.12. The second kappa shape index (κ2) is 6.76. The monoisotopic (exact) mass is 319 g/mol. The summed E-state index contributed by atoms with van der Waals surface area (Å²) in [6, 6.07) is 5.52. The Labute approximate surface area is 133 Å². The molecule has 2 amide bonds. The Bertz CT molecular complexity index is 657. The Hall–Kier alpha value is -2.12. The van der Waals surface area contributed by atoms with Crippen LogP contribution in [0.2, 0.25) is 0 Å². The summed E-state index contributed by atoms with van der Waals surface area (Å²) in [6.45, 7) is 3.92. The third-order valence-corrected chi connectivity index (χ3v) is 3.72. The number of thiocarbonyl (C=S) groups is 1. The smallest absolute Gasteiger partial charge is 0.251 e. The highest BCUT2D eigenvalue weighted by Crippen LogP contribution is 2.23. The van der Waals surface area contributed by atoms with Gasteiger partial charge in [0, 0.05) is 6.21 Å². The molecule has 22 heavy (non-hydrogen) atoms. The largest absolute Gasteiger partial charge is 0.394 e. The van der Waals surface area contributed by atoms with Gasteiger partial charge in [-0.25, -0.2) is 0 Å². The van der Waals surface area contributed by atoms with E-state index in [1.807, 2.05) is 26.0 Å². The number of benzene rings is 1. The fourth-order valence-corrected chi connectivity index (χ4v) is 2.36. The number of hydrogen-bond donors (Lipinski definition) is 2. The molecule has 2 N–H and O–H groups in total. The lowest BCUT2D eigenvalue weighted by Crippen LogP contribution is -2.58. The van der Waals surface area contributed by atoms with Crippen LogP contribution in [0.5, 0.6) is 0 Å². The van der Waals surface area contributed by atoms with Gasteiger partial charge in [0.05, 0.1) is 18.8 Å². The van der Waals surface area contributed by atoms with E-state index in [0.717, 1.165) is 11.1 Å². The van der Waals surface area contributed by atoms with Crippen molar-refractivity contribution in [1.29, 1.82) is 0 Å². The molecular weight excluding hydrogens is 302 g/mol. The van der Waals surface area contributed by atoms with Gasteiger partial charge >= 0.3 is 0 Å². The Morgan fingerprint density at radius 2 is 2.09 bits per heavy atom. The van der Waals surface area contributed by atoms with E-state index in [1.165, 1.54) is 11.1 Å². The molecule has 1 fully saturated rings. The number of carbonyl (C=O) groups excluding carboxylic acids is 2. The molecule has 1 aliphatic rings. The summed E-state index contributed by atoms with van der Waals surface area (Å²) in [5, 5.41) is 11.3. The first-order chi connectivity index (χ1) is 10.5. The van der Waals surface area contributed by atoms with Crippen LogP contribution in [0.25, 0.3) is 0 Å². The van der Waals surface area contributed by atoms with Crippen LogP contribution >= 0.6 is 12.2 Å². The summed E-state index contributed by atoms with van der Waals surface area (Å²) in [4.78, 5) is 29.6. The van der Waals surface area contributed by atoms with Crippen LogP contribution in [0, 0.1) is 19.8 Å². The molecule has 6 nitrogen and oxygen atoms in total. The van der Waals surface area contributed by atoms with Gasteiger partial charge < -0.3 is 10.4 Å². The van der Waals surface area contributed by atoms with E-state index >= 15 is 0 Å². The van der Waals surface area contributed by atoms with Gasteiger partial charge in [0.15, 0.2) is 11.0 Å². The summed E-state index contributed by atoms with van der Waals surface area (Å²) in [5.74, 6) is -1.99. The second-order valence-electron chi connectivity index (χ2n) is 4.99. The van der Waals surface area contributed by atoms with Gasteiger partial charge in [-0.15, -0.1) is 0 Å². The standard InChI is InChI=1S/C15H17N3O3S/c1-9-3-4-11(7-10(9)2)18-14(21)12(8-16-5-6-19)13(20)17-15(18)22/h3-4,7-8,12,19H,5-6H2,1-2H3,(H,17,20,22)/t12-/m1/s1. The zero-order valence-corrected chi connectivity index (χ0v) is 13.2. The highest BCUT2D eigenvalue weighted by molar-refractivity contribution is 7.80. The lowest BCUT2D eigenvalue weighted by Gasteiger charge is -2.31. The number of hydrogen-bond acceptors (Lipinski definition) is 5. The molecule has 0 spiro atoms. The fraction of sp³-hybridized carbons (Fsp3) is 0.333. The van der Waals surface area contributed by atoms with E-state index in [2.05, 4.69) is 10.3 Å². The van der Waals surface area contributed by atoms with Gasteiger partial charge in [-0.05, 0) is 49.3 Å². The lowest BCUT2D eigenvalue weighted by molar-refractivity contribution is -0.130. The first kappa shape index (κ1) is 16.3. The van der Waals surface area contributed by atoms with Crippen molar-refractivity contribution in [3.63, 3.8) is 0 Å². The maximum atomic E-state index is 12.6. The van der Waals surface area contributed by atoms with E-state index in [0.29, 0.717) is 5.69 Å². The number of aliphatic imine (C=N–C) groups is 1. The van der Waals surface area contributed by atoms with Gasteiger partial charge in [-0.1, -0.05) is 6.07 Å². The van der Waals surface area contributed by atoms with Crippen molar-refractivity contribution in [2.24, 2.45) is 10.9 Å². The molecular formula is C15H17N3O3S. The van der Waals surface area contributed by atoms with Crippen LogP contribution in [-0.4, -0.2) is 41.4 Å². The molecule has 0 bridgehead atoms. The highest BCUT2D eigenvalue weighted by atomic mass is 32.1. The van der Waals surface area contributed by atoms with Gasteiger partial charge in [0.2, 0.25) is 5.91 Å². The topological polar surface area (TPSA) is 82.0 Å². The Balaban J connectivity index is 2.33. The Kier molecular flexibility index (Phi) is 4.99. The first-order valence-electron chi connectivity index (χ1n) is 6.82. The van der Waals surface area contributed by atoms with E-state index in [-0.39, 0.29) is 18.3 Å². The molecule has 0 aromatic heterocycles. The molecule has 1 aromatic rings. The molecule has 0 radical (unpaired) electrons. The zero-order valence-electron chi connectivity index (χ0n) is 12.4. The minimum atomic E-state index is -1.04. The average molecular weight is 319 g/mol. The van der Waals surface area contributed by atoms with Crippen LogP contribution in [0.1, 0.15) is 11.1 Å². The van der Waals surface area contributed by atoms with Gasteiger partial charge in [-0.3, -0.25) is 19.5 Å². The van der Waals surface area contributed by atoms with Gasteiger partial charge in [-0.2, -0.15) is 0 Å². The lowest BCUT2D eigenvalue weighted by atomic mass is 10.0. The second-order valence-corrected chi connectivity index (χ2v) is 5.38. The Morgan fingerprint density at radius 3 is 2.73 bits per heavy atom. The zero-order chi connectivity index (χ0) is 16.3. The van der Waals surface area contributed by atoms with Crippen LogP contribution in [0.15, 0.2) is 23.2 Å². The van der Waals surface area contributed by atoms with E-state index in [4.69, 9.17) is 17.3 Å². The highest BCUT2D eigenvalue weighted by Gasteiger charge is 2.38. The van der Waals surface area contributed by atoms with Crippen molar-refractivity contribution in [3.05, 3.63) is 29.3 Å². The van der Waals surface area contributed by atoms with Crippen molar-refractivity contribution in [2.45, 2.75) is 13.8 Å². The molecule has 1 saturated heterocycles. The molecule has 0 aliphatic carbocycles. The number of nitrogens with one attached hydrogen (secondary N) is 1. The van der Waals surface area contributed by atoms with E-state index < -0.39 is 17.7 Å². The summed E-state index contributed by atoms with van der Waals surface area (Å²) in [5.41, 5.74) is 2.73. The predicted molar refractivity (Wildman–Crippen MR) is 88.1 cm³/mol. The third kappa shape index (κ3) is 3.20. The van der Waals surface area contributed by atoms with Crippen molar-refractivity contribution < 1.29 is 14.7 Å². The normalized spacial score (nSPS) is 19.0. The summed E-state index contributed by atoms with van der Waals surface area (Å²) in [7, 11) is 0. The summed E-state index contributed by atoms with van der Waals surface area (Å²) in [6.07, 6.45) is 1.25. The summed E-state index contributed by atoms with van der Waals surface area (Å²) < 4.78 is 0. The van der Waals surface area contributed by atoms with Crippen molar-refractivity contribution in [3.8, 4) is 0 Å². The number of nitrogens with zero attached hydrogens (tertiary/aromatic N) is 2. The maximum absolute atomic E-state index is 12.6. The minimum absolute atomic E-state index is 0.0602. The maximum Gasteiger partial charge on any atom is 0.251 e. The number of anilines is 1. The van der Waals surface area contributed by atoms with E-state index in [9.17, 15) is 9.59 Å². The molecule has 1 heterocycles. The van der Waals surface area contributed by atoms with Gasteiger partial charge in [0.25, 0.3) is 5.91 Å². The molecule has 1 aromatic carbocycles. The molecule has 1 atom stereocenters.